The van der Waals surface area contributed by atoms with Crippen LogP contribution < -0.4 is 19.1 Å². The van der Waals surface area contributed by atoms with Gasteiger partial charge in [0.05, 0.1) is 26.2 Å². The molecule has 1 atom stereocenters. The Morgan fingerprint density at radius 3 is 2.35 bits per heavy atom. The van der Waals surface area contributed by atoms with E-state index in [1.165, 1.54) is 25.2 Å². The number of amides is 2. The van der Waals surface area contributed by atoms with Crippen LogP contribution in [0.25, 0.3) is 0 Å². The van der Waals surface area contributed by atoms with E-state index in [2.05, 4.69) is 5.32 Å². The average molecular weight is 534 g/mol. The SMILES string of the molecule is CCCCNC(=O)C(CC)N(Cc1cccc(C)c1)C(=O)CN(c1ccc(OC)cc1OC)S(C)(=O)=O. The third-order valence-corrected chi connectivity index (χ3v) is 7.11. The normalized spacial score (nSPS) is 11.9. The van der Waals surface area contributed by atoms with Crippen molar-refractivity contribution in [3.63, 3.8) is 0 Å². The van der Waals surface area contributed by atoms with Gasteiger partial charge in [0.1, 0.15) is 24.1 Å². The van der Waals surface area contributed by atoms with Gasteiger partial charge in [-0.2, -0.15) is 0 Å². The highest BCUT2D eigenvalue weighted by Gasteiger charge is 2.32. The Labute approximate surface area is 220 Å². The fourth-order valence-corrected chi connectivity index (χ4v) is 4.87. The molecule has 2 amide bonds. The molecule has 204 valence electrons. The second-order valence-electron chi connectivity index (χ2n) is 8.89. The standard InChI is InChI=1S/C27H39N3O6S/c1-7-9-15-28-27(32)23(8-2)29(18-21-12-10-11-20(3)16-21)26(31)19-30(37(6,33)34)24-14-13-22(35-4)17-25(24)36-5/h10-14,16-17,23H,7-9,15,18-19H2,1-6H3,(H,28,32). The van der Waals surface area contributed by atoms with Crippen LogP contribution in [0.5, 0.6) is 11.5 Å². The molecule has 10 heteroatoms. The summed E-state index contributed by atoms with van der Waals surface area (Å²) in [6.45, 7) is 6.00. The summed E-state index contributed by atoms with van der Waals surface area (Å²) in [4.78, 5) is 28.4. The van der Waals surface area contributed by atoms with Crippen molar-refractivity contribution in [3.8, 4) is 11.5 Å². The number of carbonyl (C=O) groups is 2. The maximum atomic E-state index is 13.8. The van der Waals surface area contributed by atoms with Crippen LogP contribution in [0.15, 0.2) is 42.5 Å². The van der Waals surface area contributed by atoms with Crippen molar-refractivity contribution in [1.82, 2.24) is 10.2 Å². The maximum Gasteiger partial charge on any atom is 0.244 e. The van der Waals surface area contributed by atoms with Crippen molar-refractivity contribution in [2.24, 2.45) is 0 Å². The molecule has 0 saturated carbocycles. The molecular formula is C27H39N3O6S. The summed E-state index contributed by atoms with van der Waals surface area (Å²) in [5.74, 6) is -0.0319. The Kier molecular flexibility index (Phi) is 11.2. The number of nitrogens with one attached hydrogen (secondary N) is 1. The molecule has 0 bridgehead atoms. The largest absolute Gasteiger partial charge is 0.497 e. The monoisotopic (exact) mass is 533 g/mol. The summed E-state index contributed by atoms with van der Waals surface area (Å²) < 4.78 is 37.3. The molecule has 0 spiro atoms. The van der Waals surface area contributed by atoms with E-state index in [4.69, 9.17) is 9.47 Å². The van der Waals surface area contributed by atoms with Gasteiger partial charge in [-0.1, -0.05) is 50.1 Å². The Bertz CT molecular complexity index is 1170. The zero-order chi connectivity index (χ0) is 27.6. The third kappa shape index (κ3) is 8.38. The van der Waals surface area contributed by atoms with E-state index < -0.39 is 28.5 Å². The second kappa shape index (κ2) is 13.9. The molecule has 1 unspecified atom stereocenters. The Morgan fingerprint density at radius 1 is 1.05 bits per heavy atom. The van der Waals surface area contributed by atoms with Crippen LogP contribution in [0.3, 0.4) is 0 Å². The number of unbranched alkanes of at least 4 members (excludes halogenated alkanes) is 1. The van der Waals surface area contributed by atoms with Crippen LogP contribution in [0.2, 0.25) is 0 Å². The molecule has 2 aromatic carbocycles. The van der Waals surface area contributed by atoms with Crippen molar-refractivity contribution in [2.75, 3.05) is 37.9 Å². The summed E-state index contributed by atoms with van der Waals surface area (Å²) in [5, 5.41) is 2.91. The number of methoxy groups -OCH3 is 2. The minimum absolute atomic E-state index is 0.164. The van der Waals surface area contributed by atoms with Gasteiger partial charge >= 0.3 is 0 Å². The minimum Gasteiger partial charge on any atom is -0.497 e. The van der Waals surface area contributed by atoms with Gasteiger partial charge < -0.3 is 19.7 Å². The highest BCUT2D eigenvalue weighted by molar-refractivity contribution is 7.92. The molecular weight excluding hydrogens is 494 g/mol. The van der Waals surface area contributed by atoms with Gasteiger partial charge in [-0.15, -0.1) is 0 Å². The van der Waals surface area contributed by atoms with Crippen LogP contribution in [0.4, 0.5) is 5.69 Å². The van der Waals surface area contributed by atoms with Gasteiger partial charge in [0, 0.05) is 19.2 Å². The number of rotatable bonds is 14. The number of carbonyl (C=O) groups excluding carboxylic acids is 2. The number of sulfonamides is 1. The van der Waals surface area contributed by atoms with Gasteiger partial charge in [-0.05, 0) is 37.5 Å². The third-order valence-electron chi connectivity index (χ3n) is 5.99. The summed E-state index contributed by atoms with van der Waals surface area (Å²) in [7, 11) is -0.977. The van der Waals surface area contributed by atoms with Crippen molar-refractivity contribution < 1.29 is 27.5 Å². The van der Waals surface area contributed by atoms with E-state index in [0.717, 1.165) is 34.5 Å². The van der Waals surface area contributed by atoms with Crippen molar-refractivity contribution >= 4 is 27.5 Å². The fourth-order valence-electron chi connectivity index (χ4n) is 4.02. The van der Waals surface area contributed by atoms with Crippen LogP contribution in [-0.4, -0.2) is 64.7 Å². The fraction of sp³-hybridized carbons (Fsp3) is 0.481. The lowest BCUT2D eigenvalue weighted by Crippen LogP contribution is -2.52. The van der Waals surface area contributed by atoms with E-state index in [1.807, 2.05) is 45.0 Å². The summed E-state index contributed by atoms with van der Waals surface area (Å²) in [6.07, 6.45) is 3.16. The lowest BCUT2D eigenvalue weighted by atomic mass is 10.1. The molecule has 2 aromatic rings. The summed E-state index contributed by atoms with van der Waals surface area (Å²) >= 11 is 0. The number of hydrogen-bond acceptors (Lipinski definition) is 6. The van der Waals surface area contributed by atoms with Crippen molar-refractivity contribution in [3.05, 3.63) is 53.6 Å². The van der Waals surface area contributed by atoms with E-state index in [1.54, 1.807) is 12.1 Å². The number of hydrogen-bond donors (Lipinski definition) is 1. The zero-order valence-electron chi connectivity index (χ0n) is 22.6. The first-order valence-corrected chi connectivity index (χ1v) is 14.2. The molecule has 0 heterocycles. The Hall–Kier alpha value is -3.27. The van der Waals surface area contributed by atoms with E-state index in [-0.39, 0.29) is 23.9 Å². The average Bonchev–Trinajstić information content (AvgIpc) is 2.86. The molecule has 0 aliphatic carbocycles. The molecule has 0 aliphatic heterocycles. The molecule has 1 N–H and O–H groups in total. The first-order valence-electron chi connectivity index (χ1n) is 12.4. The molecule has 0 aliphatic rings. The predicted molar refractivity (Wildman–Crippen MR) is 145 cm³/mol. The van der Waals surface area contributed by atoms with E-state index in [9.17, 15) is 18.0 Å². The highest BCUT2D eigenvalue weighted by atomic mass is 32.2. The van der Waals surface area contributed by atoms with Crippen molar-refractivity contribution in [2.45, 2.75) is 52.6 Å². The number of ether oxygens (including phenoxy) is 2. The first-order chi connectivity index (χ1) is 17.5. The van der Waals surface area contributed by atoms with Crippen LogP contribution in [0.1, 0.15) is 44.2 Å². The molecule has 0 aromatic heterocycles. The quantitative estimate of drug-likeness (QED) is 0.373. The zero-order valence-corrected chi connectivity index (χ0v) is 23.4. The van der Waals surface area contributed by atoms with Crippen LogP contribution in [0, 0.1) is 6.92 Å². The molecule has 0 fully saturated rings. The smallest absolute Gasteiger partial charge is 0.244 e. The molecule has 9 nitrogen and oxygen atoms in total. The lowest BCUT2D eigenvalue weighted by Gasteiger charge is -2.33. The molecule has 2 rings (SSSR count). The van der Waals surface area contributed by atoms with Crippen LogP contribution >= 0.6 is 0 Å². The number of benzene rings is 2. The molecule has 0 saturated heterocycles. The van der Waals surface area contributed by atoms with Gasteiger partial charge in [-0.3, -0.25) is 13.9 Å². The van der Waals surface area contributed by atoms with E-state index in [0.29, 0.717) is 18.7 Å². The Morgan fingerprint density at radius 2 is 1.78 bits per heavy atom. The van der Waals surface area contributed by atoms with Gasteiger partial charge in [-0.25, -0.2) is 8.42 Å². The molecule has 0 radical (unpaired) electrons. The molecule has 37 heavy (non-hydrogen) atoms. The Balaban J connectivity index is 2.47. The number of nitrogens with zero attached hydrogens (tertiary/aromatic N) is 2. The lowest BCUT2D eigenvalue weighted by molar-refractivity contribution is -0.140. The van der Waals surface area contributed by atoms with Gasteiger partial charge in [0.25, 0.3) is 0 Å². The van der Waals surface area contributed by atoms with Gasteiger partial charge in [0.15, 0.2) is 0 Å². The summed E-state index contributed by atoms with van der Waals surface area (Å²) in [5.41, 5.74) is 2.07. The number of aryl methyl sites for hydroxylation is 1. The minimum atomic E-state index is -3.88. The number of anilines is 1. The first kappa shape index (κ1) is 30.0. The van der Waals surface area contributed by atoms with Gasteiger partial charge in [0.2, 0.25) is 21.8 Å². The highest BCUT2D eigenvalue weighted by Crippen LogP contribution is 2.33. The second-order valence-corrected chi connectivity index (χ2v) is 10.8. The van der Waals surface area contributed by atoms with Crippen molar-refractivity contribution in [1.29, 1.82) is 0 Å². The van der Waals surface area contributed by atoms with E-state index >= 15 is 0 Å². The predicted octanol–water partition coefficient (Wildman–Crippen LogP) is 3.50. The topological polar surface area (TPSA) is 105 Å². The maximum absolute atomic E-state index is 13.8. The summed E-state index contributed by atoms with van der Waals surface area (Å²) in [6, 6.07) is 11.6. The van der Waals surface area contributed by atoms with Crippen LogP contribution in [-0.2, 0) is 26.2 Å².